The zero-order chi connectivity index (χ0) is 14.7. The van der Waals surface area contributed by atoms with Gasteiger partial charge in [0, 0.05) is 24.0 Å². The van der Waals surface area contributed by atoms with Crippen LogP contribution in [0.2, 0.25) is 0 Å². The van der Waals surface area contributed by atoms with Crippen LogP contribution in [0.25, 0.3) is 0 Å². The lowest BCUT2D eigenvalue weighted by molar-refractivity contribution is -0.128. The van der Waals surface area contributed by atoms with E-state index in [1.165, 1.54) is 7.11 Å². The van der Waals surface area contributed by atoms with Crippen molar-refractivity contribution in [2.45, 2.75) is 26.3 Å². The lowest BCUT2D eigenvalue weighted by Gasteiger charge is -2.17. The van der Waals surface area contributed by atoms with E-state index in [1.54, 1.807) is 12.1 Å². The number of likely N-dealkylation sites (tertiary alicyclic amines) is 1. The summed E-state index contributed by atoms with van der Waals surface area (Å²) in [5.74, 6) is 0.317. The van der Waals surface area contributed by atoms with Gasteiger partial charge in [0.2, 0.25) is 5.91 Å². The Balaban J connectivity index is 2.11. The van der Waals surface area contributed by atoms with E-state index in [4.69, 9.17) is 0 Å². The van der Waals surface area contributed by atoms with E-state index in [9.17, 15) is 9.59 Å². The number of benzene rings is 1. The molecule has 0 saturated carbocycles. The predicted octanol–water partition coefficient (Wildman–Crippen LogP) is 2.99. The van der Waals surface area contributed by atoms with Crippen LogP contribution in [0, 0.1) is 5.92 Å². The molecule has 1 aliphatic rings. The molecule has 0 aromatic heterocycles. The highest BCUT2D eigenvalue weighted by Crippen LogP contribution is 2.26. The quantitative estimate of drug-likeness (QED) is 0.792. The average Bonchev–Trinajstić information content (AvgIpc) is 2.80. The summed E-state index contributed by atoms with van der Waals surface area (Å²) in [6.45, 7) is 3.51. The second-order valence-electron chi connectivity index (χ2n) is 5.05. The van der Waals surface area contributed by atoms with E-state index < -0.39 is 0 Å². The SMILES string of the molecule is CCC1CC(=O)N(Cc2ccc(C(=O)OC)cc2Br)C1. The Bertz CT molecular complexity index is 530. The number of nitrogens with zero attached hydrogens (tertiary/aromatic N) is 1. The molecule has 2 rings (SSSR count). The van der Waals surface area contributed by atoms with Crippen molar-refractivity contribution in [1.29, 1.82) is 0 Å². The second kappa shape index (κ2) is 6.39. The van der Waals surface area contributed by atoms with Crippen LogP contribution >= 0.6 is 15.9 Å². The van der Waals surface area contributed by atoms with E-state index in [-0.39, 0.29) is 11.9 Å². The molecule has 1 aromatic carbocycles. The molecule has 0 aliphatic carbocycles. The van der Waals surface area contributed by atoms with Crippen molar-refractivity contribution < 1.29 is 14.3 Å². The first-order valence-electron chi connectivity index (χ1n) is 6.69. The fraction of sp³-hybridized carbons (Fsp3) is 0.467. The van der Waals surface area contributed by atoms with Gasteiger partial charge in [-0.05, 0) is 23.6 Å². The number of methoxy groups -OCH3 is 1. The van der Waals surface area contributed by atoms with Gasteiger partial charge in [0.25, 0.3) is 0 Å². The normalized spacial score (nSPS) is 18.4. The van der Waals surface area contributed by atoms with Crippen LogP contribution in [0.4, 0.5) is 0 Å². The van der Waals surface area contributed by atoms with Gasteiger partial charge in [-0.3, -0.25) is 4.79 Å². The van der Waals surface area contributed by atoms with E-state index in [0.717, 1.165) is 23.0 Å². The molecule has 1 aliphatic heterocycles. The first kappa shape index (κ1) is 15.0. The monoisotopic (exact) mass is 339 g/mol. The summed E-state index contributed by atoms with van der Waals surface area (Å²) < 4.78 is 5.51. The summed E-state index contributed by atoms with van der Waals surface area (Å²) in [7, 11) is 1.36. The van der Waals surface area contributed by atoms with E-state index >= 15 is 0 Å². The van der Waals surface area contributed by atoms with Gasteiger partial charge >= 0.3 is 5.97 Å². The highest BCUT2D eigenvalue weighted by atomic mass is 79.9. The number of carbonyl (C=O) groups excluding carboxylic acids is 2. The maximum atomic E-state index is 11.9. The summed E-state index contributed by atoms with van der Waals surface area (Å²) in [4.78, 5) is 25.2. The maximum Gasteiger partial charge on any atom is 0.337 e. The van der Waals surface area contributed by atoms with E-state index in [2.05, 4.69) is 27.6 Å². The van der Waals surface area contributed by atoms with Gasteiger partial charge < -0.3 is 9.64 Å². The fourth-order valence-electron chi connectivity index (χ4n) is 2.41. The minimum Gasteiger partial charge on any atom is -0.465 e. The number of esters is 1. The molecular weight excluding hydrogens is 322 g/mol. The molecule has 1 atom stereocenters. The minimum atomic E-state index is -0.361. The molecule has 108 valence electrons. The molecule has 1 fully saturated rings. The fourth-order valence-corrected chi connectivity index (χ4v) is 2.91. The molecule has 5 heteroatoms. The Labute approximate surface area is 127 Å². The van der Waals surface area contributed by atoms with Gasteiger partial charge in [-0.25, -0.2) is 4.79 Å². The molecule has 0 spiro atoms. The highest BCUT2D eigenvalue weighted by Gasteiger charge is 2.28. The number of rotatable bonds is 4. The third-order valence-electron chi connectivity index (χ3n) is 3.71. The van der Waals surface area contributed by atoms with Crippen LogP contribution < -0.4 is 0 Å². The summed E-state index contributed by atoms with van der Waals surface area (Å²) >= 11 is 3.46. The lowest BCUT2D eigenvalue weighted by atomic mass is 10.1. The van der Waals surface area contributed by atoms with Crippen molar-refractivity contribution in [2.24, 2.45) is 5.92 Å². The number of hydrogen-bond donors (Lipinski definition) is 0. The van der Waals surface area contributed by atoms with Crippen molar-refractivity contribution in [3.8, 4) is 0 Å². The first-order chi connectivity index (χ1) is 9.55. The van der Waals surface area contributed by atoms with Crippen molar-refractivity contribution >= 4 is 27.8 Å². The largest absolute Gasteiger partial charge is 0.465 e. The molecular formula is C15H18BrNO3. The summed E-state index contributed by atoms with van der Waals surface area (Å²) in [6, 6.07) is 5.33. The van der Waals surface area contributed by atoms with Gasteiger partial charge in [0.1, 0.15) is 0 Å². The van der Waals surface area contributed by atoms with Crippen molar-refractivity contribution in [3.05, 3.63) is 33.8 Å². The van der Waals surface area contributed by atoms with Gasteiger partial charge in [-0.2, -0.15) is 0 Å². The van der Waals surface area contributed by atoms with Crippen LogP contribution in [0.5, 0.6) is 0 Å². The zero-order valence-corrected chi connectivity index (χ0v) is 13.3. The Kier molecular flexibility index (Phi) is 4.81. The average molecular weight is 340 g/mol. The number of amides is 1. The molecule has 0 radical (unpaired) electrons. The number of halogens is 1. The zero-order valence-electron chi connectivity index (χ0n) is 11.7. The maximum absolute atomic E-state index is 11.9. The summed E-state index contributed by atoms with van der Waals surface area (Å²) in [6.07, 6.45) is 1.68. The molecule has 1 amide bonds. The second-order valence-corrected chi connectivity index (χ2v) is 5.90. The van der Waals surface area contributed by atoms with Gasteiger partial charge in [-0.15, -0.1) is 0 Å². The standard InChI is InChI=1S/C15H18BrNO3/c1-3-10-6-14(18)17(8-10)9-12-5-4-11(7-13(12)16)15(19)20-2/h4-5,7,10H,3,6,8-9H2,1-2H3. The molecule has 0 bridgehead atoms. The molecule has 4 nitrogen and oxygen atoms in total. The number of carbonyl (C=O) groups is 2. The van der Waals surface area contributed by atoms with Crippen LogP contribution in [-0.2, 0) is 16.1 Å². The summed E-state index contributed by atoms with van der Waals surface area (Å²) in [5.41, 5.74) is 1.50. The Morgan fingerprint density at radius 1 is 1.50 bits per heavy atom. The Hall–Kier alpha value is -1.36. The van der Waals surface area contributed by atoms with Crippen LogP contribution in [0.3, 0.4) is 0 Å². The van der Waals surface area contributed by atoms with E-state index in [0.29, 0.717) is 24.4 Å². The van der Waals surface area contributed by atoms with Crippen LogP contribution in [-0.4, -0.2) is 30.4 Å². The smallest absolute Gasteiger partial charge is 0.337 e. The molecule has 0 N–H and O–H groups in total. The molecule has 1 saturated heterocycles. The first-order valence-corrected chi connectivity index (χ1v) is 7.49. The summed E-state index contributed by atoms with van der Waals surface area (Å²) in [5, 5.41) is 0. The number of ether oxygens (including phenoxy) is 1. The van der Waals surface area contributed by atoms with Gasteiger partial charge in [0.15, 0.2) is 0 Å². The van der Waals surface area contributed by atoms with Crippen LogP contribution in [0.1, 0.15) is 35.7 Å². The minimum absolute atomic E-state index is 0.209. The topological polar surface area (TPSA) is 46.6 Å². The molecule has 1 unspecified atom stereocenters. The molecule has 1 aromatic rings. The third kappa shape index (κ3) is 3.20. The van der Waals surface area contributed by atoms with Crippen molar-refractivity contribution in [3.63, 3.8) is 0 Å². The van der Waals surface area contributed by atoms with Crippen molar-refractivity contribution in [2.75, 3.05) is 13.7 Å². The Morgan fingerprint density at radius 3 is 2.80 bits per heavy atom. The lowest BCUT2D eigenvalue weighted by Crippen LogP contribution is -2.24. The van der Waals surface area contributed by atoms with Gasteiger partial charge in [0.05, 0.1) is 12.7 Å². The van der Waals surface area contributed by atoms with Gasteiger partial charge in [-0.1, -0.05) is 35.3 Å². The van der Waals surface area contributed by atoms with Crippen molar-refractivity contribution in [1.82, 2.24) is 4.90 Å². The molecule has 1 heterocycles. The molecule has 20 heavy (non-hydrogen) atoms. The third-order valence-corrected chi connectivity index (χ3v) is 4.45. The highest BCUT2D eigenvalue weighted by molar-refractivity contribution is 9.10. The van der Waals surface area contributed by atoms with E-state index in [1.807, 2.05) is 11.0 Å². The Morgan fingerprint density at radius 2 is 2.25 bits per heavy atom. The predicted molar refractivity (Wildman–Crippen MR) is 79.3 cm³/mol. The van der Waals surface area contributed by atoms with Crippen LogP contribution in [0.15, 0.2) is 22.7 Å². The number of hydrogen-bond acceptors (Lipinski definition) is 3.